The standard InChI is InChI=1S/C14H14N4O2S/c1-2-15-13-10-7-21-8-11(10)16-14(17-13)9-5-3-4-6-12(9)18(19)20/h3-6H,2,7-8H2,1H3,(H,15,16,17). The first-order valence-electron chi connectivity index (χ1n) is 6.66. The number of anilines is 1. The number of nitrogens with one attached hydrogen (secondary N) is 1. The van der Waals surface area contributed by atoms with Crippen molar-refractivity contribution in [3.8, 4) is 11.4 Å². The molecule has 1 N–H and O–H groups in total. The van der Waals surface area contributed by atoms with Crippen molar-refractivity contribution in [2.45, 2.75) is 18.4 Å². The zero-order valence-electron chi connectivity index (χ0n) is 11.5. The molecule has 0 saturated heterocycles. The second kappa shape index (κ2) is 5.69. The molecule has 1 aliphatic heterocycles. The number of rotatable bonds is 4. The first-order valence-corrected chi connectivity index (χ1v) is 7.81. The number of thioether (sulfide) groups is 1. The van der Waals surface area contributed by atoms with Crippen LogP contribution in [0.5, 0.6) is 0 Å². The van der Waals surface area contributed by atoms with Gasteiger partial charge in [-0.1, -0.05) is 12.1 Å². The van der Waals surface area contributed by atoms with Gasteiger partial charge in [0.25, 0.3) is 5.69 Å². The molecule has 0 saturated carbocycles. The lowest BCUT2D eigenvalue weighted by Gasteiger charge is -2.10. The molecular formula is C14H14N4O2S. The minimum Gasteiger partial charge on any atom is -0.370 e. The second-order valence-electron chi connectivity index (χ2n) is 4.62. The number of nitrogens with zero attached hydrogens (tertiary/aromatic N) is 3. The Labute approximate surface area is 126 Å². The molecule has 0 amide bonds. The van der Waals surface area contributed by atoms with E-state index in [2.05, 4.69) is 15.3 Å². The molecule has 2 heterocycles. The molecular weight excluding hydrogens is 288 g/mol. The number of fused-ring (bicyclic) bond motifs is 1. The number of nitro benzene ring substituents is 1. The predicted octanol–water partition coefficient (Wildman–Crippen LogP) is 3.23. The molecule has 0 bridgehead atoms. The van der Waals surface area contributed by atoms with Gasteiger partial charge < -0.3 is 5.32 Å². The van der Waals surface area contributed by atoms with E-state index in [0.29, 0.717) is 11.4 Å². The van der Waals surface area contributed by atoms with Crippen LogP contribution in [0.25, 0.3) is 11.4 Å². The Morgan fingerprint density at radius 3 is 2.90 bits per heavy atom. The molecule has 0 atom stereocenters. The Morgan fingerprint density at radius 1 is 1.33 bits per heavy atom. The summed E-state index contributed by atoms with van der Waals surface area (Å²) in [6, 6.07) is 6.59. The fourth-order valence-electron chi connectivity index (χ4n) is 2.31. The molecule has 0 spiro atoms. The van der Waals surface area contributed by atoms with Gasteiger partial charge in [0, 0.05) is 29.7 Å². The largest absolute Gasteiger partial charge is 0.370 e. The minimum absolute atomic E-state index is 0.0329. The maximum absolute atomic E-state index is 11.2. The molecule has 108 valence electrons. The normalized spacial score (nSPS) is 13.0. The summed E-state index contributed by atoms with van der Waals surface area (Å²) in [7, 11) is 0. The van der Waals surface area contributed by atoms with Crippen LogP contribution in [0.1, 0.15) is 18.2 Å². The monoisotopic (exact) mass is 302 g/mol. The number of benzene rings is 1. The molecule has 2 aromatic rings. The lowest BCUT2D eigenvalue weighted by Crippen LogP contribution is -2.07. The summed E-state index contributed by atoms with van der Waals surface area (Å²) in [6.07, 6.45) is 0. The van der Waals surface area contributed by atoms with Crippen molar-refractivity contribution in [3.05, 3.63) is 45.6 Å². The molecule has 0 unspecified atom stereocenters. The van der Waals surface area contributed by atoms with Gasteiger partial charge in [-0.25, -0.2) is 9.97 Å². The third-order valence-corrected chi connectivity index (χ3v) is 4.23. The van der Waals surface area contributed by atoms with Crippen LogP contribution < -0.4 is 5.32 Å². The molecule has 21 heavy (non-hydrogen) atoms. The van der Waals surface area contributed by atoms with Crippen molar-refractivity contribution in [2.75, 3.05) is 11.9 Å². The lowest BCUT2D eigenvalue weighted by molar-refractivity contribution is -0.384. The topological polar surface area (TPSA) is 81.0 Å². The summed E-state index contributed by atoms with van der Waals surface area (Å²) in [6.45, 7) is 2.76. The summed E-state index contributed by atoms with van der Waals surface area (Å²) >= 11 is 1.78. The van der Waals surface area contributed by atoms with Crippen molar-refractivity contribution in [2.24, 2.45) is 0 Å². The first-order chi connectivity index (χ1) is 10.2. The summed E-state index contributed by atoms with van der Waals surface area (Å²) in [5.41, 5.74) is 2.58. The highest BCUT2D eigenvalue weighted by atomic mass is 32.2. The van der Waals surface area contributed by atoms with Gasteiger partial charge in [-0.05, 0) is 13.0 Å². The van der Waals surface area contributed by atoms with Crippen LogP contribution in [-0.2, 0) is 11.5 Å². The fourth-order valence-corrected chi connectivity index (χ4v) is 3.35. The lowest BCUT2D eigenvalue weighted by atomic mass is 10.1. The van der Waals surface area contributed by atoms with Crippen LogP contribution in [0.15, 0.2) is 24.3 Å². The average Bonchev–Trinajstić information content (AvgIpc) is 2.96. The third kappa shape index (κ3) is 2.56. The van der Waals surface area contributed by atoms with Crippen LogP contribution in [0, 0.1) is 10.1 Å². The molecule has 0 radical (unpaired) electrons. The van der Waals surface area contributed by atoms with Crippen LogP contribution in [0.2, 0.25) is 0 Å². The summed E-state index contributed by atoms with van der Waals surface area (Å²) < 4.78 is 0. The first kappa shape index (κ1) is 13.8. The van der Waals surface area contributed by atoms with Crippen LogP contribution >= 0.6 is 11.8 Å². The molecule has 1 aliphatic rings. The van der Waals surface area contributed by atoms with Gasteiger partial charge in [0.05, 0.1) is 16.2 Å². The van der Waals surface area contributed by atoms with Crippen molar-refractivity contribution in [1.29, 1.82) is 0 Å². The van der Waals surface area contributed by atoms with E-state index in [4.69, 9.17) is 0 Å². The van der Waals surface area contributed by atoms with Gasteiger partial charge >= 0.3 is 0 Å². The maximum Gasteiger partial charge on any atom is 0.280 e. The van der Waals surface area contributed by atoms with E-state index >= 15 is 0 Å². The predicted molar refractivity (Wildman–Crippen MR) is 83.3 cm³/mol. The molecule has 3 rings (SSSR count). The fraction of sp³-hybridized carbons (Fsp3) is 0.286. The Kier molecular flexibility index (Phi) is 3.74. The van der Waals surface area contributed by atoms with Crippen molar-refractivity contribution < 1.29 is 4.92 Å². The van der Waals surface area contributed by atoms with Crippen molar-refractivity contribution in [1.82, 2.24) is 9.97 Å². The second-order valence-corrected chi connectivity index (χ2v) is 5.60. The summed E-state index contributed by atoms with van der Waals surface area (Å²) in [5.74, 6) is 2.92. The Balaban J connectivity index is 2.16. The number of aromatic nitrogens is 2. The van der Waals surface area contributed by atoms with Crippen LogP contribution in [-0.4, -0.2) is 21.4 Å². The summed E-state index contributed by atoms with van der Waals surface area (Å²) in [4.78, 5) is 19.8. The summed E-state index contributed by atoms with van der Waals surface area (Å²) in [5, 5.41) is 14.4. The molecule has 1 aromatic heterocycles. The average molecular weight is 302 g/mol. The zero-order valence-corrected chi connectivity index (χ0v) is 12.3. The van der Waals surface area contributed by atoms with Crippen LogP contribution in [0.3, 0.4) is 0 Å². The van der Waals surface area contributed by atoms with Gasteiger partial charge in [0.2, 0.25) is 0 Å². The zero-order chi connectivity index (χ0) is 14.8. The molecule has 7 heteroatoms. The highest BCUT2D eigenvalue weighted by Crippen LogP contribution is 2.36. The highest BCUT2D eigenvalue weighted by Gasteiger charge is 2.23. The highest BCUT2D eigenvalue weighted by molar-refractivity contribution is 7.98. The molecule has 0 fully saturated rings. The Bertz CT molecular complexity index is 705. The van der Waals surface area contributed by atoms with E-state index in [1.165, 1.54) is 6.07 Å². The SMILES string of the molecule is CCNc1nc(-c2ccccc2[N+](=O)[O-])nc2c1CSC2. The maximum atomic E-state index is 11.2. The van der Waals surface area contributed by atoms with Gasteiger partial charge in [-0.2, -0.15) is 11.8 Å². The van der Waals surface area contributed by atoms with Crippen molar-refractivity contribution >= 4 is 23.3 Å². The van der Waals surface area contributed by atoms with Crippen molar-refractivity contribution in [3.63, 3.8) is 0 Å². The van der Waals surface area contributed by atoms with Crippen LogP contribution in [0.4, 0.5) is 11.5 Å². The molecule has 0 aliphatic carbocycles. The van der Waals surface area contributed by atoms with E-state index < -0.39 is 4.92 Å². The number of hydrogen-bond donors (Lipinski definition) is 1. The Hall–Kier alpha value is -2.15. The number of hydrogen-bond acceptors (Lipinski definition) is 6. The van der Waals surface area contributed by atoms with Gasteiger partial charge in [-0.15, -0.1) is 0 Å². The van der Waals surface area contributed by atoms with E-state index in [9.17, 15) is 10.1 Å². The smallest absolute Gasteiger partial charge is 0.280 e. The van der Waals surface area contributed by atoms with Gasteiger partial charge in [-0.3, -0.25) is 10.1 Å². The van der Waals surface area contributed by atoms with Gasteiger partial charge in [0.1, 0.15) is 5.82 Å². The number of para-hydroxylation sites is 1. The van der Waals surface area contributed by atoms with Gasteiger partial charge in [0.15, 0.2) is 5.82 Å². The Morgan fingerprint density at radius 2 is 2.14 bits per heavy atom. The van der Waals surface area contributed by atoms with E-state index in [1.54, 1.807) is 30.0 Å². The minimum atomic E-state index is -0.395. The number of nitro groups is 1. The molecule has 1 aromatic carbocycles. The van der Waals surface area contributed by atoms with E-state index in [-0.39, 0.29) is 5.69 Å². The quantitative estimate of drug-likeness (QED) is 0.690. The third-order valence-electron chi connectivity index (χ3n) is 3.26. The molecule has 6 nitrogen and oxygen atoms in total. The van der Waals surface area contributed by atoms with E-state index in [1.807, 2.05) is 6.92 Å². The van der Waals surface area contributed by atoms with E-state index in [0.717, 1.165) is 35.1 Å².